The third-order valence-corrected chi connectivity index (χ3v) is 2.59. The second-order valence-electron chi connectivity index (χ2n) is 4.07. The number of nitrogens with zero attached hydrogens (tertiary/aromatic N) is 1. The quantitative estimate of drug-likeness (QED) is 0.641. The highest BCUT2D eigenvalue weighted by Crippen LogP contribution is 2.41. The topological polar surface area (TPSA) is 40.9 Å². The summed E-state index contributed by atoms with van der Waals surface area (Å²) in [5.74, 6) is 0.666. The average molecular weight is 165 g/mol. The Hall–Kier alpha value is -0.840. The van der Waals surface area contributed by atoms with Gasteiger partial charge in [0.2, 0.25) is 0 Å². The zero-order valence-electron chi connectivity index (χ0n) is 7.87. The van der Waals surface area contributed by atoms with E-state index in [0.29, 0.717) is 5.92 Å². The molecule has 3 unspecified atom stereocenters. The van der Waals surface area contributed by atoms with Gasteiger partial charge in [-0.1, -0.05) is 20.8 Å². The Kier molecular flexibility index (Phi) is 2.52. The lowest BCUT2D eigenvalue weighted by molar-refractivity contribution is -0.123. The van der Waals surface area contributed by atoms with Crippen molar-refractivity contribution in [3.63, 3.8) is 0 Å². The number of Topliss-reactive ketones (excluding diaryl/α,β-unsaturated/α-hetero) is 1. The van der Waals surface area contributed by atoms with Crippen molar-refractivity contribution in [2.75, 3.05) is 0 Å². The molecule has 1 fully saturated rings. The fourth-order valence-corrected chi connectivity index (χ4v) is 1.49. The van der Waals surface area contributed by atoms with E-state index in [1.165, 1.54) is 0 Å². The summed E-state index contributed by atoms with van der Waals surface area (Å²) in [5.41, 5.74) is 0. The van der Waals surface area contributed by atoms with Crippen molar-refractivity contribution in [3.05, 3.63) is 0 Å². The van der Waals surface area contributed by atoms with Crippen molar-refractivity contribution < 1.29 is 4.79 Å². The molecule has 0 aliphatic heterocycles. The van der Waals surface area contributed by atoms with Gasteiger partial charge < -0.3 is 0 Å². The lowest BCUT2D eigenvalue weighted by Crippen LogP contribution is -2.20. The molecule has 1 rings (SSSR count). The largest absolute Gasteiger partial charge is 0.298 e. The lowest BCUT2D eigenvalue weighted by atomic mass is 9.90. The minimum Gasteiger partial charge on any atom is -0.298 e. The summed E-state index contributed by atoms with van der Waals surface area (Å²) in [6.45, 7) is 5.93. The standard InChI is InChI=1S/C10H15NO/c1-6(2)9(5-11)10(12)8-4-7(8)3/h6-9H,4H2,1-3H3. The molecule has 2 heteroatoms. The Morgan fingerprint density at radius 3 is 2.33 bits per heavy atom. The first-order valence-corrected chi connectivity index (χ1v) is 4.51. The van der Waals surface area contributed by atoms with Gasteiger partial charge in [-0.25, -0.2) is 0 Å². The fraction of sp³-hybridized carbons (Fsp3) is 0.800. The van der Waals surface area contributed by atoms with Crippen LogP contribution in [0.4, 0.5) is 0 Å². The van der Waals surface area contributed by atoms with E-state index in [1.807, 2.05) is 13.8 Å². The smallest absolute Gasteiger partial charge is 0.153 e. The molecule has 0 saturated heterocycles. The van der Waals surface area contributed by atoms with Crippen molar-refractivity contribution >= 4 is 5.78 Å². The van der Waals surface area contributed by atoms with Gasteiger partial charge in [-0.2, -0.15) is 5.26 Å². The Morgan fingerprint density at radius 1 is 1.58 bits per heavy atom. The maximum Gasteiger partial charge on any atom is 0.153 e. The van der Waals surface area contributed by atoms with Crippen LogP contribution in [0.1, 0.15) is 27.2 Å². The summed E-state index contributed by atoms with van der Waals surface area (Å²) in [6, 6.07) is 2.09. The number of nitriles is 1. The minimum absolute atomic E-state index is 0.162. The molecule has 3 atom stereocenters. The van der Waals surface area contributed by atoms with Crippen LogP contribution >= 0.6 is 0 Å². The molecular weight excluding hydrogens is 150 g/mol. The van der Waals surface area contributed by atoms with E-state index in [2.05, 4.69) is 13.0 Å². The predicted octanol–water partition coefficient (Wildman–Crippen LogP) is 2.01. The third-order valence-electron chi connectivity index (χ3n) is 2.59. The zero-order valence-corrected chi connectivity index (χ0v) is 7.87. The van der Waals surface area contributed by atoms with Crippen LogP contribution in [0.15, 0.2) is 0 Å². The van der Waals surface area contributed by atoms with E-state index in [4.69, 9.17) is 5.26 Å². The Morgan fingerprint density at radius 2 is 2.08 bits per heavy atom. The summed E-state index contributed by atoms with van der Waals surface area (Å²) < 4.78 is 0. The summed E-state index contributed by atoms with van der Waals surface area (Å²) in [5, 5.41) is 8.76. The molecule has 0 aromatic heterocycles. The number of carbonyl (C=O) groups excluding carboxylic acids is 1. The minimum atomic E-state index is -0.375. The molecule has 0 radical (unpaired) electrons. The van der Waals surface area contributed by atoms with Gasteiger partial charge in [0.15, 0.2) is 5.78 Å². The molecule has 1 aliphatic carbocycles. The van der Waals surface area contributed by atoms with Crippen molar-refractivity contribution in [2.45, 2.75) is 27.2 Å². The summed E-state index contributed by atoms with van der Waals surface area (Å²) in [6.07, 6.45) is 0.990. The normalized spacial score (nSPS) is 29.6. The molecule has 0 N–H and O–H groups in total. The third kappa shape index (κ3) is 1.66. The van der Waals surface area contributed by atoms with Gasteiger partial charge in [-0.05, 0) is 18.3 Å². The van der Waals surface area contributed by atoms with Crippen molar-refractivity contribution in [1.29, 1.82) is 5.26 Å². The van der Waals surface area contributed by atoms with Crippen LogP contribution in [0.3, 0.4) is 0 Å². The van der Waals surface area contributed by atoms with Gasteiger partial charge >= 0.3 is 0 Å². The Labute approximate surface area is 73.6 Å². The number of ketones is 1. The second kappa shape index (κ2) is 3.26. The van der Waals surface area contributed by atoms with Gasteiger partial charge in [0.1, 0.15) is 5.92 Å². The van der Waals surface area contributed by atoms with Crippen LogP contribution in [-0.4, -0.2) is 5.78 Å². The maximum atomic E-state index is 11.6. The van der Waals surface area contributed by atoms with E-state index in [-0.39, 0.29) is 23.5 Å². The van der Waals surface area contributed by atoms with Gasteiger partial charge in [0, 0.05) is 5.92 Å². The highest BCUT2D eigenvalue weighted by Gasteiger charge is 2.42. The summed E-state index contributed by atoms with van der Waals surface area (Å²) in [4.78, 5) is 11.6. The number of carbonyl (C=O) groups is 1. The van der Waals surface area contributed by atoms with Gasteiger partial charge in [-0.3, -0.25) is 4.79 Å². The lowest BCUT2D eigenvalue weighted by Gasteiger charge is -2.10. The van der Waals surface area contributed by atoms with Gasteiger partial charge in [0.05, 0.1) is 6.07 Å². The van der Waals surface area contributed by atoms with Gasteiger partial charge in [0.25, 0.3) is 0 Å². The molecule has 2 nitrogen and oxygen atoms in total. The molecule has 0 amide bonds. The monoisotopic (exact) mass is 165 g/mol. The van der Waals surface area contributed by atoms with Crippen LogP contribution in [0.2, 0.25) is 0 Å². The molecule has 0 heterocycles. The Balaban J connectivity index is 2.56. The van der Waals surface area contributed by atoms with Crippen molar-refractivity contribution in [2.24, 2.45) is 23.7 Å². The molecule has 1 saturated carbocycles. The molecule has 66 valence electrons. The molecule has 0 aromatic rings. The van der Waals surface area contributed by atoms with E-state index < -0.39 is 0 Å². The van der Waals surface area contributed by atoms with Crippen LogP contribution in [0, 0.1) is 35.0 Å². The van der Waals surface area contributed by atoms with Crippen LogP contribution in [0.25, 0.3) is 0 Å². The van der Waals surface area contributed by atoms with Gasteiger partial charge in [-0.15, -0.1) is 0 Å². The van der Waals surface area contributed by atoms with Crippen molar-refractivity contribution in [3.8, 4) is 6.07 Å². The number of rotatable bonds is 3. The van der Waals surface area contributed by atoms with E-state index >= 15 is 0 Å². The molecule has 0 spiro atoms. The molecule has 1 aliphatic rings. The van der Waals surface area contributed by atoms with Crippen LogP contribution in [0.5, 0.6) is 0 Å². The first-order valence-electron chi connectivity index (χ1n) is 4.51. The summed E-state index contributed by atoms with van der Waals surface area (Å²) >= 11 is 0. The van der Waals surface area contributed by atoms with E-state index in [1.54, 1.807) is 0 Å². The zero-order chi connectivity index (χ0) is 9.30. The van der Waals surface area contributed by atoms with Crippen LogP contribution in [-0.2, 0) is 4.79 Å². The van der Waals surface area contributed by atoms with Crippen LogP contribution < -0.4 is 0 Å². The first-order chi connectivity index (χ1) is 5.57. The van der Waals surface area contributed by atoms with Crippen molar-refractivity contribution in [1.82, 2.24) is 0 Å². The maximum absolute atomic E-state index is 11.6. The summed E-state index contributed by atoms with van der Waals surface area (Å²) in [7, 11) is 0. The Bertz CT molecular complexity index is 226. The SMILES string of the molecule is CC(C)C(C#N)C(=O)C1CC1C. The average Bonchev–Trinajstić information content (AvgIpc) is 2.67. The van der Waals surface area contributed by atoms with E-state index in [9.17, 15) is 4.79 Å². The fourth-order valence-electron chi connectivity index (χ4n) is 1.49. The number of hydrogen-bond acceptors (Lipinski definition) is 2. The highest BCUT2D eigenvalue weighted by molar-refractivity contribution is 5.88. The predicted molar refractivity (Wildman–Crippen MR) is 46.2 cm³/mol. The molecular formula is C10H15NO. The molecule has 0 bridgehead atoms. The first kappa shape index (κ1) is 9.25. The van der Waals surface area contributed by atoms with E-state index in [0.717, 1.165) is 6.42 Å². The number of hydrogen-bond donors (Lipinski definition) is 0. The highest BCUT2D eigenvalue weighted by atomic mass is 16.1. The second-order valence-corrected chi connectivity index (χ2v) is 4.07. The molecule has 12 heavy (non-hydrogen) atoms. The molecule has 0 aromatic carbocycles.